The van der Waals surface area contributed by atoms with Crippen LogP contribution in [0.5, 0.6) is 0 Å². The van der Waals surface area contributed by atoms with Crippen LogP contribution in [0, 0.1) is 18.6 Å². The van der Waals surface area contributed by atoms with E-state index < -0.39 is 28.8 Å². The molecule has 0 saturated carbocycles. The van der Waals surface area contributed by atoms with Gasteiger partial charge in [0.1, 0.15) is 11.4 Å². The van der Waals surface area contributed by atoms with Crippen molar-refractivity contribution < 1.29 is 13.6 Å². The van der Waals surface area contributed by atoms with Crippen LogP contribution in [-0.4, -0.2) is 47.6 Å². The summed E-state index contributed by atoms with van der Waals surface area (Å²) >= 11 is 0. The number of nitrogens with one attached hydrogen (secondary N) is 1. The highest BCUT2D eigenvalue weighted by Gasteiger charge is 2.29. The average molecular weight is 524 g/mol. The molecule has 2 heterocycles. The lowest BCUT2D eigenvalue weighted by molar-refractivity contribution is 0.102. The second kappa shape index (κ2) is 11.1. The molecule has 1 atom stereocenters. The standard InChI is InChI=1S/C27H31F2N7O2/c1-16(2)35(31-4)23-12-10-21(25(17(23)3)34-14-6-7-18(34)15-30)32-27(38)22-11-13-24(37)36(33-22)26-19(28)8-5-9-20(26)29/h5,8-13,16,18H,4,6-7,14-15,30H2,1-3H3,(H,32,38)/t18-/m1/s1. The number of halogens is 2. The molecule has 4 rings (SSSR count). The summed E-state index contributed by atoms with van der Waals surface area (Å²) in [6.07, 6.45) is 1.87. The number of hydrogen-bond acceptors (Lipinski definition) is 7. The zero-order chi connectivity index (χ0) is 27.6. The van der Waals surface area contributed by atoms with Crippen molar-refractivity contribution in [1.29, 1.82) is 0 Å². The maximum absolute atomic E-state index is 14.4. The molecule has 1 aliphatic rings. The smallest absolute Gasteiger partial charge is 0.276 e. The summed E-state index contributed by atoms with van der Waals surface area (Å²) < 4.78 is 29.3. The Morgan fingerprint density at radius 1 is 1.21 bits per heavy atom. The number of aromatic nitrogens is 2. The molecule has 3 aromatic rings. The first-order valence-corrected chi connectivity index (χ1v) is 12.4. The van der Waals surface area contributed by atoms with E-state index in [1.165, 1.54) is 12.1 Å². The van der Waals surface area contributed by atoms with Crippen LogP contribution in [0.2, 0.25) is 0 Å². The fraction of sp³-hybridized carbons (Fsp3) is 0.333. The molecule has 0 radical (unpaired) electrons. The number of amides is 1. The van der Waals surface area contributed by atoms with Gasteiger partial charge in [0.15, 0.2) is 11.6 Å². The SMILES string of the molecule is C=NN(c1ccc(NC(=O)c2ccc(=O)n(-c3c(F)cccc3F)n2)c(N2CCC[C@@H]2CN)c1C)C(C)C. The minimum absolute atomic E-state index is 0.0485. The normalized spacial score (nSPS) is 15.1. The van der Waals surface area contributed by atoms with Crippen molar-refractivity contribution in [2.24, 2.45) is 10.8 Å². The van der Waals surface area contributed by atoms with Gasteiger partial charge in [-0.25, -0.2) is 8.78 Å². The van der Waals surface area contributed by atoms with Crippen LogP contribution in [0.3, 0.4) is 0 Å². The summed E-state index contributed by atoms with van der Waals surface area (Å²) in [5.74, 6) is -2.59. The first kappa shape index (κ1) is 26.9. The van der Waals surface area contributed by atoms with Crippen LogP contribution < -0.4 is 26.5 Å². The molecule has 11 heteroatoms. The molecule has 0 bridgehead atoms. The second-order valence-corrected chi connectivity index (χ2v) is 9.40. The molecule has 0 spiro atoms. The lowest BCUT2D eigenvalue weighted by Crippen LogP contribution is -2.37. The van der Waals surface area contributed by atoms with E-state index in [0.29, 0.717) is 16.9 Å². The van der Waals surface area contributed by atoms with Crippen LogP contribution in [0.25, 0.3) is 5.69 Å². The molecule has 3 N–H and O–H groups in total. The Balaban J connectivity index is 1.77. The Hall–Kier alpha value is -4.12. The number of benzene rings is 2. The third kappa shape index (κ3) is 5.01. The molecule has 0 aliphatic carbocycles. The minimum atomic E-state index is -0.974. The van der Waals surface area contributed by atoms with E-state index >= 15 is 0 Å². The second-order valence-electron chi connectivity index (χ2n) is 9.40. The summed E-state index contributed by atoms with van der Waals surface area (Å²) in [6.45, 7) is 10.9. The predicted octanol–water partition coefficient (Wildman–Crippen LogP) is 3.83. The van der Waals surface area contributed by atoms with Crippen molar-refractivity contribution >= 4 is 29.7 Å². The maximum atomic E-state index is 14.4. The summed E-state index contributed by atoms with van der Waals surface area (Å²) in [5.41, 5.74) is 7.49. The summed E-state index contributed by atoms with van der Waals surface area (Å²) in [5, 5.41) is 12.8. The molecule has 0 unspecified atom stereocenters. The van der Waals surface area contributed by atoms with Crippen molar-refractivity contribution in [1.82, 2.24) is 9.78 Å². The number of anilines is 3. The molecular weight excluding hydrogens is 492 g/mol. The van der Waals surface area contributed by atoms with Crippen LogP contribution in [0.4, 0.5) is 25.8 Å². The molecule has 200 valence electrons. The molecule has 1 fully saturated rings. The summed E-state index contributed by atoms with van der Waals surface area (Å²) in [7, 11) is 0. The average Bonchev–Trinajstić information content (AvgIpc) is 3.35. The highest BCUT2D eigenvalue weighted by molar-refractivity contribution is 6.05. The quantitative estimate of drug-likeness (QED) is 0.343. The van der Waals surface area contributed by atoms with Crippen LogP contribution in [0.1, 0.15) is 42.7 Å². The molecule has 1 amide bonds. The Kier molecular flexibility index (Phi) is 7.86. The van der Waals surface area contributed by atoms with E-state index in [9.17, 15) is 18.4 Å². The van der Waals surface area contributed by atoms with Gasteiger partial charge < -0.3 is 16.0 Å². The van der Waals surface area contributed by atoms with E-state index in [1.807, 2.05) is 26.8 Å². The Labute approximate surface area is 219 Å². The number of nitrogens with zero attached hydrogens (tertiary/aromatic N) is 5. The van der Waals surface area contributed by atoms with Crippen molar-refractivity contribution in [2.45, 2.75) is 45.7 Å². The van der Waals surface area contributed by atoms with E-state index in [-0.39, 0.29) is 17.8 Å². The van der Waals surface area contributed by atoms with Gasteiger partial charge in [0.05, 0.1) is 17.1 Å². The predicted molar refractivity (Wildman–Crippen MR) is 145 cm³/mol. The fourth-order valence-corrected chi connectivity index (χ4v) is 4.87. The van der Waals surface area contributed by atoms with Crippen molar-refractivity contribution in [3.05, 3.63) is 75.7 Å². The molecular formula is C27H31F2N7O2. The van der Waals surface area contributed by atoms with Crippen molar-refractivity contribution in [3.8, 4) is 5.69 Å². The van der Waals surface area contributed by atoms with Crippen LogP contribution in [-0.2, 0) is 0 Å². The summed E-state index contributed by atoms with van der Waals surface area (Å²) in [6, 6.07) is 9.22. The van der Waals surface area contributed by atoms with Crippen LogP contribution >= 0.6 is 0 Å². The van der Waals surface area contributed by atoms with Gasteiger partial charge in [-0.2, -0.15) is 14.9 Å². The number of nitrogens with two attached hydrogens (primary N) is 1. The Morgan fingerprint density at radius 3 is 2.55 bits per heavy atom. The Bertz CT molecular complexity index is 1400. The molecule has 38 heavy (non-hydrogen) atoms. The van der Waals surface area contributed by atoms with Gasteiger partial charge in [0.25, 0.3) is 11.5 Å². The zero-order valence-corrected chi connectivity index (χ0v) is 21.6. The Morgan fingerprint density at radius 2 is 1.92 bits per heavy atom. The molecule has 1 aromatic heterocycles. The van der Waals surface area contributed by atoms with Crippen LogP contribution in [0.15, 0.2) is 52.4 Å². The number of para-hydroxylation sites is 1. The third-order valence-electron chi connectivity index (χ3n) is 6.66. The lowest BCUT2D eigenvalue weighted by Gasteiger charge is -2.33. The number of carbonyl (C=O) groups excluding carboxylic acids is 1. The van der Waals surface area contributed by atoms with Gasteiger partial charge in [-0.1, -0.05) is 6.07 Å². The third-order valence-corrected chi connectivity index (χ3v) is 6.66. The van der Waals surface area contributed by atoms with Gasteiger partial charge in [0.2, 0.25) is 0 Å². The highest BCUT2D eigenvalue weighted by Crippen LogP contribution is 2.40. The topological polar surface area (TPSA) is 109 Å². The van der Waals surface area contributed by atoms with E-state index in [1.54, 1.807) is 11.1 Å². The number of hydrogen-bond donors (Lipinski definition) is 2. The van der Waals surface area contributed by atoms with Gasteiger partial charge >= 0.3 is 0 Å². The van der Waals surface area contributed by atoms with Crippen molar-refractivity contribution in [3.63, 3.8) is 0 Å². The molecule has 1 aliphatic heterocycles. The first-order chi connectivity index (χ1) is 18.2. The van der Waals surface area contributed by atoms with Gasteiger partial charge in [0, 0.05) is 38.0 Å². The monoisotopic (exact) mass is 523 g/mol. The van der Waals surface area contributed by atoms with E-state index in [4.69, 9.17) is 5.73 Å². The fourth-order valence-electron chi connectivity index (χ4n) is 4.87. The minimum Gasteiger partial charge on any atom is -0.365 e. The van der Waals surface area contributed by atoms with Gasteiger partial charge in [-0.15, -0.1) is 0 Å². The first-order valence-electron chi connectivity index (χ1n) is 12.4. The van der Waals surface area contributed by atoms with Gasteiger partial charge in [-0.05, 0) is 69.5 Å². The number of carbonyl (C=O) groups is 1. The summed E-state index contributed by atoms with van der Waals surface area (Å²) in [4.78, 5) is 27.9. The van der Waals surface area contributed by atoms with Crippen molar-refractivity contribution in [2.75, 3.05) is 28.3 Å². The molecule has 9 nitrogen and oxygen atoms in total. The maximum Gasteiger partial charge on any atom is 0.276 e. The molecule has 1 saturated heterocycles. The van der Waals surface area contributed by atoms with Gasteiger partial charge in [-0.3, -0.25) is 14.6 Å². The lowest BCUT2D eigenvalue weighted by atomic mass is 10.1. The number of rotatable bonds is 8. The zero-order valence-electron chi connectivity index (χ0n) is 21.6. The van der Waals surface area contributed by atoms with E-state index in [0.717, 1.165) is 54.5 Å². The number of hydrazone groups is 1. The highest BCUT2D eigenvalue weighted by atomic mass is 19.1. The molecule has 2 aromatic carbocycles. The van der Waals surface area contributed by atoms with E-state index in [2.05, 4.69) is 27.1 Å². The largest absolute Gasteiger partial charge is 0.365 e.